The summed E-state index contributed by atoms with van der Waals surface area (Å²) in [6, 6.07) is 9.21. The Balaban J connectivity index is 1.79. The van der Waals surface area contributed by atoms with E-state index in [1.54, 1.807) is 29.1 Å². The second-order valence-corrected chi connectivity index (χ2v) is 6.42. The van der Waals surface area contributed by atoms with E-state index in [0.29, 0.717) is 22.0 Å². The van der Waals surface area contributed by atoms with Gasteiger partial charge in [-0.25, -0.2) is 19.3 Å². The van der Waals surface area contributed by atoms with Gasteiger partial charge in [-0.05, 0) is 32.1 Å². The standard InChI is InChI=1S/C19H18N6O3/c1-11(2)28-14-5-3-4-13(9-14)21-16-6-7-25-17(23-16)12(10-20-25)8-15-18(26)24-19(27)22-15/h3-11,26H,1-2H3,(H2,22,24,27)/b12-8+,21-16?. The van der Waals surface area contributed by atoms with Gasteiger partial charge in [0.05, 0.1) is 18.0 Å². The summed E-state index contributed by atoms with van der Waals surface area (Å²) in [4.78, 5) is 25.2. The minimum atomic E-state index is -0.493. The number of fused-ring (bicyclic) bond motifs is 1. The van der Waals surface area contributed by atoms with E-state index in [-0.39, 0.29) is 17.7 Å². The lowest BCUT2D eigenvalue weighted by Gasteiger charge is -2.09. The molecular formula is C19H18N6O3. The van der Waals surface area contributed by atoms with Crippen LogP contribution in [0.15, 0.2) is 52.5 Å². The Morgan fingerprint density at radius 2 is 2.14 bits per heavy atom. The van der Waals surface area contributed by atoms with Crippen LogP contribution in [0.3, 0.4) is 0 Å². The quantitative estimate of drug-likeness (QED) is 0.490. The van der Waals surface area contributed by atoms with E-state index in [1.807, 2.05) is 38.1 Å². The van der Waals surface area contributed by atoms with Crippen LogP contribution in [0.4, 0.5) is 5.69 Å². The van der Waals surface area contributed by atoms with Crippen LogP contribution in [-0.4, -0.2) is 35.8 Å². The number of nitrogens with one attached hydrogen (secondary N) is 2. The molecular weight excluding hydrogens is 360 g/mol. The van der Waals surface area contributed by atoms with Crippen molar-refractivity contribution in [2.75, 3.05) is 0 Å². The molecule has 0 radical (unpaired) electrons. The predicted octanol–water partition coefficient (Wildman–Crippen LogP) is 1.02. The van der Waals surface area contributed by atoms with Gasteiger partial charge >= 0.3 is 5.69 Å². The third-order valence-corrected chi connectivity index (χ3v) is 3.85. The van der Waals surface area contributed by atoms with Crippen molar-refractivity contribution in [2.24, 2.45) is 4.99 Å². The number of imidazole rings is 1. The number of aromatic amines is 2. The van der Waals surface area contributed by atoms with E-state index in [4.69, 9.17) is 4.74 Å². The van der Waals surface area contributed by atoms with E-state index in [0.717, 1.165) is 5.75 Å². The Morgan fingerprint density at radius 1 is 1.29 bits per heavy atom. The summed E-state index contributed by atoms with van der Waals surface area (Å²) < 4.78 is 7.28. The van der Waals surface area contributed by atoms with E-state index in [1.165, 1.54) is 0 Å². The van der Waals surface area contributed by atoms with Gasteiger partial charge in [0.25, 0.3) is 0 Å². The van der Waals surface area contributed by atoms with Crippen LogP contribution in [0.25, 0.3) is 11.7 Å². The largest absolute Gasteiger partial charge is 0.493 e. The maximum atomic E-state index is 11.3. The molecule has 0 saturated carbocycles. The molecule has 0 aliphatic rings. The fourth-order valence-electron chi connectivity index (χ4n) is 2.72. The molecule has 0 bridgehead atoms. The first kappa shape index (κ1) is 17.5. The first-order valence-corrected chi connectivity index (χ1v) is 8.67. The number of hydrogen-bond acceptors (Lipinski definition) is 6. The third kappa shape index (κ3) is 3.63. The molecule has 0 aliphatic carbocycles. The zero-order valence-corrected chi connectivity index (χ0v) is 15.2. The molecule has 4 aromatic rings. The Morgan fingerprint density at radius 3 is 2.89 bits per heavy atom. The normalized spacial score (nSPS) is 13.0. The van der Waals surface area contributed by atoms with Gasteiger partial charge in [-0.2, -0.15) is 5.10 Å². The molecule has 4 rings (SSSR count). The molecule has 9 nitrogen and oxygen atoms in total. The van der Waals surface area contributed by atoms with Crippen LogP contribution >= 0.6 is 0 Å². The molecule has 3 aromatic heterocycles. The van der Waals surface area contributed by atoms with Crippen molar-refractivity contribution >= 4 is 17.4 Å². The van der Waals surface area contributed by atoms with Crippen molar-refractivity contribution in [3.05, 3.63) is 69.6 Å². The number of nitrogens with zero attached hydrogens (tertiary/aromatic N) is 4. The number of rotatable bonds is 4. The topological polar surface area (TPSA) is 121 Å². The molecule has 28 heavy (non-hydrogen) atoms. The van der Waals surface area contributed by atoms with Gasteiger partial charge in [-0.1, -0.05) is 6.07 Å². The molecule has 0 unspecified atom stereocenters. The SMILES string of the molecule is CC(C)Oc1cccc(N=c2ccn3nc/c(=C\c4[nH]c(=O)[nH]c4O)c3n2)c1. The van der Waals surface area contributed by atoms with Crippen molar-refractivity contribution in [3.63, 3.8) is 0 Å². The van der Waals surface area contributed by atoms with Crippen molar-refractivity contribution < 1.29 is 9.84 Å². The minimum absolute atomic E-state index is 0.0749. The van der Waals surface area contributed by atoms with E-state index in [9.17, 15) is 9.90 Å². The first-order chi connectivity index (χ1) is 13.5. The van der Waals surface area contributed by atoms with E-state index >= 15 is 0 Å². The summed E-state index contributed by atoms with van der Waals surface area (Å²) >= 11 is 0. The van der Waals surface area contributed by atoms with Crippen LogP contribution < -0.4 is 21.1 Å². The number of ether oxygens (including phenoxy) is 1. The number of hydrogen-bond donors (Lipinski definition) is 3. The van der Waals surface area contributed by atoms with Gasteiger partial charge in [0.1, 0.15) is 11.4 Å². The van der Waals surface area contributed by atoms with Gasteiger partial charge in [-0.15, -0.1) is 0 Å². The highest BCUT2D eigenvalue weighted by Gasteiger charge is 2.05. The maximum absolute atomic E-state index is 11.3. The second-order valence-electron chi connectivity index (χ2n) is 6.42. The van der Waals surface area contributed by atoms with Gasteiger partial charge < -0.3 is 14.8 Å². The predicted molar refractivity (Wildman–Crippen MR) is 102 cm³/mol. The fourth-order valence-corrected chi connectivity index (χ4v) is 2.72. The lowest BCUT2D eigenvalue weighted by Crippen LogP contribution is -2.13. The summed E-state index contributed by atoms with van der Waals surface area (Å²) in [6.07, 6.45) is 5.00. The molecule has 0 spiro atoms. The smallest absolute Gasteiger partial charge is 0.326 e. The van der Waals surface area contributed by atoms with Crippen LogP contribution in [0.2, 0.25) is 0 Å². The second kappa shape index (κ2) is 7.03. The highest BCUT2D eigenvalue weighted by molar-refractivity contribution is 5.56. The van der Waals surface area contributed by atoms with Crippen molar-refractivity contribution in [2.45, 2.75) is 20.0 Å². The number of benzene rings is 1. The van der Waals surface area contributed by atoms with Crippen LogP contribution in [0, 0.1) is 0 Å². The molecule has 0 saturated heterocycles. The molecule has 142 valence electrons. The summed E-state index contributed by atoms with van der Waals surface area (Å²) in [7, 11) is 0. The summed E-state index contributed by atoms with van der Waals surface area (Å²) in [5, 5.41) is 14.6. The van der Waals surface area contributed by atoms with Crippen LogP contribution in [-0.2, 0) is 0 Å². The third-order valence-electron chi connectivity index (χ3n) is 3.85. The first-order valence-electron chi connectivity index (χ1n) is 8.67. The lowest BCUT2D eigenvalue weighted by molar-refractivity contribution is 0.242. The van der Waals surface area contributed by atoms with E-state index < -0.39 is 5.69 Å². The van der Waals surface area contributed by atoms with Gasteiger partial charge in [0.2, 0.25) is 5.88 Å². The molecule has 0 atom stereocenters. The van der Waals surface area contributed by atoms with E-state index in [2.05, 4.69) is 25.0 Å². The number of aromatic nitrogens is 5. The van der Waals surface area contributed by atoms with Crippen molar-refractivity contribution in [1.29, 1.82) is 0 Å². The summed E-state index contributed by atoms with van der Waals surface area (Å²) in [5.41, 5.74) is 1.51. The summed E-state index contributed by atoms with van der Waals surface area (Å²) in [5.74, 6) is 0.495. The molecule has 3 heterocycles. The molecule has 1 aromatic carbocycles. The molecule has 9 heteroatoms. The summed E-state index contributed by atoms with van der Waals surface area (Å²) in [6.45, 7) is 3.93. The zero-order chi connectivity index (χ0) is 19.7. The molecule has 0 amide bonds. The zero-order valence-electron chi connectivity index (χ0n) is 15.2. The Kier molecular flexibility index (Phi) is 4.40. The Bertz CT molecular complexity index is 1320. The molecule has 3 N–H and O–H groups in total. The lowest BCUT2D eigenvalue weighted by atomic mass is 10.3. The highest BCUT2D eigenvalue weighted by Crippen LogP contribution is 2.20. The molecule has 0 fully saturated rings. The van der Waals surface area contributed by atoms with Crippen molar-refractivity contribution in [1.82, 2.24) is 24.6 Å². The average molecular weight is 378 g/mol. The fraction of sp³-hybridized carbons (Fsp3) is 0.158. The highest BCUT2D eigenvalue weighted by atomic mass is 16.5. The maximum Gasteiger partial charge on any atom is 0.326 e. The Labute approximate surface area is 158 Å². The van der Waals surface area contributed by atoms with Gasteiger partial charge in [0.15, 0.2) is 11.1 Å². The van der Waals surface area contributed by atoms with Crippen molar-refractivity contribution in [3.8, 4) is 11.6 Å². The monoisotopic (exact) mass is 378 g/mol. The van der Waals surface area contributed by atoms with Crippen LogP contribution in [0.1, 0.15) is 19.5 Å². The van der Waals surface area contributed by atoms with Gasteiger partial charge in [0, 0.05) is 23.5 Å². The minimum Gasteiger partial charge on any atom is -0.493 e. The number of H-pyrrole nitrogens is 2. The number of aromatic hydroxyl groups is 1. The average Bonchev–Trinajstić information content (AvgIpc) is 3.17. The molecule has 0 aliphatic heterocycles. The van der Waals surface area contributed by atoms with Crippen LogP contribution in [0.5, 0.6) is 11.6 Å². The Hall–Kier alpha value is -3.88. The van der Waals surface area contributed by atoms with Gasteiger partial charge in [-0.3, -0.25) is 4.98 Å².